The summed E-state index contributed by atoms with van der Waals surface area (Å²) in [6.45, 7) is 1.71. The van der Waals surface area contributed by atoms with Crippen LogP contribution >= 0.6 is 0 Å². The number of sulfone groups is 1. The number of anilines is 1. The Kier molecular flexibility index (Phi) is 5.95. The Morgan fingerprint density at radius 3 is 2.48 bits per heavy atom. The first kappa shape index (κ1) is 20.1. The van der Waals surface area contributed by atoms with Crippen LogP contribution in [0.4, 0.5) is 11.4 Å². The van der Waals surface area contributed by atoms with E-state index in [1.807, 2.05) is 0 Å². The molecule has 0 spiro atoms. The van der Waals surface area contributed by atoms with E-state index in [1.165, 1.54) is 31.3 Å². The van der Waals surface area contributed by atoms with E-state index in [9.17, 15) is 28.1 Å². The van der Waals surface area contributed by atoms with Crippen molar-refractivity contribution in [1.82, 2.24) is 10.3 Å². The van der Waals surface area contributed by atoms with Gasteiger partial charge in [-0.2, -0.15) is 0 Å². The summed E-state index contributed by atoms with van der Waals surface area (Å²) in [4.78, 5) is 36.2. The smallest absolute Gasteiger partial charge is 0.293 e. The molecule has 0 aliphatic rings. The molecular weight excluding hydrogens is 376 g/mol. The zero-order chi connectivity index (χ0) is 20.2. The molecule has 0 atom stereocenters. The number of hydrogen-bond donors (Lipinski definition) is 3. The van der Waals surface area contributed by atoms with Gasteiger partial charge in [0.15, 0.2) is 15.6 Å². The average molecular weight is 394 g/mol. The number of nitrogens with one attached hydrogen (secondary N) is 3. The van der Waals surface area contributed by atoms with Crippen LogP contribution in [0.1, 0.15) is 27.8 Å². The molecule has 1 aromatic carbocycles. The lowest BCUT2D eigenvalue weighted by Crippen LogP contribution is -2.29. The van der Waals surface area contributed by atoms with Gasteiger partial charge in [-0.15, -0.1) is 0 Å². The van der Waals surface area contributed by atoms with Crippen LogP contribution in [-0.4, -0.2) is 49.4 Å². The number of carbonyl (C=O) groups excluding carboxylic acids is 2. The molecule has 0 saturated carbocycles. The topological polar surface area (TPSA) is 151 Å². The van der Waals surface area contributed by atoms with Gasteiger partial charge in [0.1, 0.15) is 11.4 Å². The highest BCUT2D eigenvalue weighted by Gasteiger charge is 2.18. The third kappa shape index (κ3) is 5.14. The van der Waals surface area contributed by atoms with Gasteiger partial charge in [-0.05, 0) is 25.1 Å². The summed E-state index contributed by atoms with van der Waals surface area (Å²) >= 11 is 0. The summed E-state index contributed by atoms with van der Waals surface area (Å²) in [6.07, 6.45) is 2.40. The van der Waals surface area contributed by atoms with E-state index in [-0.39, 0.29) is 40.8 Å². The van der Waals surface area contributed by atoms with Gasteiger partial charge in [-0.3, -0.25) is 19.7 Å². The number of nitrogens with zero attached hydrogens (tertiary/aromatic N) is 1. The maximum atomic E-state index is 12.0. The Hall–Kier alpha value is -3.21. The van der Waals surface area contributed by atoms with Crippen molar-refractivity contribution in [3.8, 4) is 0 Å². The Labute approximate surface area is 155 Å². The Morgan fingerprint density at radius 2 is 1.93 bits per heavy atom. The van der Waals surface area contributed by atoms with Crippen LogP contribution in [-0.2, 0) is 9.84 Å². The molecule has 144 valence electrons. The highest BCUT2D eigenvalue weighted by molar-refractivity contribution is 7.90. The van der Waals surface area contributed by atoms with Crippen molar-refractivity contribution in [2.45, 2.75) is 11.8 Å². The molecule has 0 aliphatic heterocycles. The minimum absolute atomic E-state index is 0.139. The molecule has 27 heavy (non-hydrogen) atoms. The SMILES string of the molecule is CC(=O)c1c[nH]c(C(=O)NCCNc2ccc(S(C)(=O)=O)cc2[N+](=O)[O-])c1. The number of nitro groups is 1. The summed E-state index contributed by atoms with van der Waals surface area (Å²) in [5, 5.41) is 16.5. The van der Waals surface area contributed by atoms with Crippen LogP contribution in [0.2, 0.25) is 0 Å². The van der Waals surface area contributed by atoms with Gasteiger partial charge < -0.3 is 15.6 Å². The lowest BCUT2D eigenvalue weighted by molar-refractivity contribution is -0.384. The van der Waals surface area contributed by atoms with Crippen LogP contribution in [0.5, 0.6) is 0 Å². The van der Waals surface area contributed by atoms with Crippen LogP contribution in [0.15, 0.2) is 35.4 Å². The fraction of sp³-hybridized carbons (Fsp3) is 0.250. The van der Waals surface area contributed by atoms with Crippen LogP contribution in [0.25, 0.3) is 0 Å². The largest absolute Gasteiger partial charge is 0.378 e. The molecule has 1 aromatic heterocycles. The monoisotopic (exact) mass is 394 g/mol. The number of hydrogen-bond acceptors (Lipinski definition) is 7. The van der Waals surface area contributed by atoms with Crippen LogP contribution < -0.4 is 10.6 Å². The molecule has 0 radical (unpaired) electrons. The highest BCUT2D eigenvalue weighted by Crippen LogP contribution is 2.27. The molecule has 0 aliphatic carbocycles. The lowest BCUT2D eigenvalue weighted by atomic mass is 10.2. The summed E-state index contributed by atoms with van der Waals surface area (Å²) in [5.41, 5.74) is 0.378. The minimum atomic E-state index is -3.56. The van der Waals surface area contributed by atoms with Crippen molar-refractivity contribution in [3.05, 3.63) is 51.8 Å². The van der Waals surface area contributed by atoms with E-state index >= 15 is 0 Å². The van der Waals surface area contributed by atoms with Crippen molar-refractivity contribution in [3.63, 3.8) is 0 Å². The number of Topliss-reactive ketones (excluding diaryl/α,β-unsaturated/α-hetero) is 1. The predicted molar refractivity (Wildman–Crippen MR) is 97.8 cm³/mol. The molecular formula is C16H18N4O6S. The molecule has 2 aromatic rings. The molecule has 2 rings (SSSR count). The molecule has 10 nitrogen and oxygen atoms in total. The number of amides is 1. The second-order valence-corrected chi connectivity index (χ2v) is 7.76. The van der Waals surface area contributed by atoms with E-state index in [2.05, 4.69) is 15.6 Å². The van der Waals surface area contributed by atoms with Crippen LogP contribution in [0, 0.1) is 10.1 Å². The lowest BCUT2D eigenvalue weighted by Gasteiger charge is -2.09. The Bertz CT molecular complexity index is 996. The summed E-state index contributed by atoms with van der Waals surface area (Å²) in [5.74, 6) is -0.594. The van der Waals surface area contributed by atoms with Crippen molar-refractivity contribution in [2.75, 3.05) is 24.7 Å². The zero-order valence-corrected chi connectivity index (χ0v) is 15.4. The second-order valence-electron chi connectivity index (χ2n) is 5.75. The summed E-state index contributed by atoms with van der Waals surface area (Å²) < 4.78 is 23.0. The predicted octanol–water partition coefficient (Wildman–Crippen LogP) is 1.37. The standard InChI is InChI=1S/C16H18N4O6S/c1-10(21)11-7-14(19-9-11)16(22)18-6-5-17-13-4-3-12(27(2,25)26)8-15(13)20(23)24/h3-4,7-9,17,19H,5-6H2,1-2H3,(H,18,22). The number of rotatable bonds is 8. The Morgan fingerprint density at radius 1 is 1.22 bits per heavy atom. The second kappa shape index (κ2) is 7.99. The molecule has 0 fully saturated rings. The summed E-state index contributed by atoms with van der Waals surface area (Å²) in [6, 6.07) is 4.99. The van der Waals surface area contributed by atoms with Gasteiger partial charge in [0.05, 0.1) is 9.82 Å². The first-order chi connectivity index (χ1) is 12.6. The molecule has 0 bridgehead atoms. The third-order valence-electron chi connectivity index (χ3n) is 3.65. The number of aromatic nitrogens is 1. The highest BCUT2D eigenvalue weighted by atomic mass is 32.2. The fourth-order valence-electron chi connectivity index (χ4n) is 2.24. The van der Waals surface area contributed by atoms with Crippen molar-refractivity contribution in [2.24, 2.45) is 0 Å². The number of H-pyrrole nitrogens is 1. The molecule has 11 heteroatoms. The molecule has 0 unspecified atom stereocenters. The fourth-order valence-corrected chi connectivity index (χ4v) is 2.88. The van der Waals surface area contributed by atoms with Crippen molar-refractivity contribution >= 4 is 32.9 Å². The number of benzene rings is 1. The van der Waals surface area contributed by atoms with E-state index in [0.717, 1.165) is 12.3 Å². The minimum Gasteiger partial charge on any atom is -0.378 e. The summed E-state index contributed by atoms with van der Waals surface area (Å²) in [7, 11) is -3.56. The van der Waals surface area contributed by atoms with Crippen molar-refractivity contribution in [1.29, 1.82) is 0 Å². The van der Waals surface area contributed by atoms with Gasteiger partial charge in [0, 0.05) is 37.2 Å². The van der Waals surface area contributed by atoms with Crippen LogP contribution in [0.3, 0.4) is 0 Å². The molecule has 3 N–H and O–H groups in total. The van der Waals surface area contributed by atoms with Gasteiger partial charge >= 0.3 is 0 Å². The first-order valence-electron chi connectivity index (χ1n) is 7.79. The first-order valence-corrected chi connectivity index (χ1v) is 9.68. The average Bonchev–Trinajstić information content (AvgIpc) is 3.08. The maximum Gasteiger partial charge on any atom is 0.293 e. The maximum absolute atomic E-state index is 12.0. The zero-order valence-electron chi connectivity index (χ0n) is 14.6. The van der Waals surface area contributed by atoms with Gasteiger partial charge in [-0.25, -0.2) is 8.42 Å². The number of carbonyl (C=O) groups is 2. The molecule has 0 saturated heterocycles. The van der Waals surface area contributed by atoms with Crippen molar-refractivity contribution < 1.29 is 22.9 Å². The molecule has 1 amide bonds. The van der Waals surface area contributed by atoms with E-state index in [1.54, 1.807) is 0 Å². The third-order valence-corrected chi connectivity index (χ3v) is 4.76. The van der Waals surface area contributed by atoms with Gasteiger partial charge in [0.2, 0.25) is 0 Å². The van der Waals surface area contributed by atoms with Gasteiger partial charge in [0.25, 0.3) is 11.6 Å². The van der Waals surface area contributed by atoms with E-state index in [0.29, 0.717) is 5.56 Å². The normalized spacial score (nSPS) is 11.0. The number of aromatic amines is 1. The van der Waals surface area contributed by atoms with E-state index < -0.39 is 20.7 Å². The number of ketones is 1. The van der Waals surface area contributed by atoms with E-state index in [4.69, 9.17) is 0 Å². The number of nitro benzene ring substituents is 1. The quantitative estimate of drug-likeness (QED) is 0.265. The Balaban J connectivity index is 1.97. The molecule has 1 heterocycles. The van der Waals surface area contributed by atoms with Gasteiger partial charge in [-0.1, -0.05) is 0 Å².